The highest BCUT2D eigenvalue weighted by atomic mass is 79.9. The molecule has 15 heavy (non-hydrogen) atoms. The maximum absolute atomic E-state index is 5.93. The molecule has 0 fully saturated rings. The molecule has 0 spiro atoms. The van der Waals surface area contributed by atoms with Gasteiger partial charge in [-0.1, -0.05) is 11.6 Å². The van der Waals surface area contributed by atoms with Gasteiger partial charge in [0.15, 0.2) is 5.82 Å². The van der Waals surface area contributed by atoms with Crippen LogP contribution in [0.4, 0.5) is 0 Å². The Morgan fingerprint density at radius 3 is 2.53 bits per heavy atom. The van der Waals surface area contributed by atoms with Crippen LogP contribution in [-0.2, 0) is 0 Å². The molecule has 0 aliphatic carbocycles. The van der Waals surface area contributed by atoms with Crippen molar-refractivity contribution >= 4 is 27.5 Å². The van der Waals surface area contributed by atoms with Gasteiger partial charge in [-0.25, -0.2) is 9.67 Å². The second kappa shape index (κ2) is 3.94. The first-order valence-corrected chi connectivity index (χ1v) is 5.60. The van der Waals surface area contributed by atoms with Gasteiger partial charge in [0.25, 0.3) is 0 Å². The lowest BCUT2D eigenvalue weighted by atomic mass is 10.4. The number of rotatable bonds is 1. The molecule has 0 atom stereocenters. The third-order valence-corrected chi connectivity index (χ3v) is 3.29. The molecule has 3 nitrogen and oxygen atoms in total. The summed E-state index contributed by atoms with van der Waals surface area (Å²) in [7, 11) is 0. The molecule has 0 saturated heterocycles. The zero-order valence-corrected chi connectivity index (χ0v) is 10.7. The van der Waals surface area contributed by atoms with Crippen molar-refractivity contribution in [3.8, 4) is 5.82 Å². The van der Waals surface area contributed by atoms with E-state index in [0.717, 1.165) is 21.7 Å². The number of nitrogens with zero attached hydrogens (tertiary/aromatic N) is 3. The van der Waals surface area contributed by atoms with Crippen LogP contribution in [0.25, 0.3) is 5.82 Å². The molecule has 0 aliphatic rings. The summed E-state index contributed by atoms with van der Waals surface area (Å²) in [4.78, 5) is 4.39. The average molecular weight is 287 g/mol. The number of hydrogen-bond acceptors (Lipinski definition) is 2. The Balaban J connectivity index is 2.49. The molecule has 2 aromatic heterocycles. The molecule has 2 heterocycles. The smallest absolute Gasteiger partial charge is 0.153 e. The van der Waals surface area contributed by atoms with E-state index in [9.17, 15) is 0 Å². The standard InChI is InChI=1S/C10H9BrClN3/c1-6-8(11)3-4-10(13-6)15-5-9(12)7(2)14-15/h3-5H,1-2H3. The van der Waals surface area contributed by atoms with E-state index in [1.165, 1.54) is 0 Å². The topological polar surface area (TPSA) is 30.7 Å². The van der Waals surface area contributed by atoms with E-state index < -0.39 is 0 Å². The summed E-state index contributed by atoms with van der Waals surface area (Å²) >= 11 is 9.33. The van der Waals surface area contributed by atoms with E-state index in [2.05, 4.69) is 26.0 Å². The van der Waals surface area contributed by atoms with E-state index in [4.69, 9.17) is 11.6 Å². The van der Waals surface area contributed by atoms with Crippen LogP contribution < -0.4 is 0 Å². The fourth-order valence-electron chi connectivity index (χ4n) is 1.21. The normalized spacial score (nSPS) is 10.7. The lowest BCUT2D eigenvalue weighted by molar-refractivity contribution is 0.826. The molecule has 0 N–H and O–H groups in total. The van der Waals surface area contributed by atoms with Gasteiger partial charge in [0.2, 0.25) is 0 Å². The van der Waals surface area contributed by atoms with Gasteiger partial charge >= 0.3 is 0 Å². The Labute approximate surface area is 101 Å². The summed E-state index contributed by atoms with van der Waals surface area (Å²) in [6.07, 6.45) is 1.76. The minimum Gasteiger partial charge on any atom is -0.233 e. The third-order valence-electron chi connectivity index (χ3n) is 2.08. The first-order valence-electron chi connectivity index (χ1n) is 4.43. The molecule has 0 radical (unpaired) electrons. The van der Waals surface area contributed by atoms with Crippen LogP contribution >= 0.6 is 27.5 Å². The van der Waals surface area contributed by atoms with Gasteiger partial charge in [-0.05, 0) is 41.9 Å². The van der Waals surface area contributed by atoms with Gasteiger partial charge < -0.3 is 0 Å². The van der Waals surface area contributed by atoms with Crippen molar-refractivity contribution in [2.75, 3.05) is 0 Å². The highest BCUT2D eigenvalue weighted by molar-refractivity contribution is 9.10. The maximum atomic E-state index is 5.93. The van der Waals surface area contributed by atoms with E-state index in [1.54, 1.807) is 10.9 Å². The molecular weight excluding hydrogens is 277 g/mol. The SMILES string of the molecule is Cc1nn(-c2ccc(Br)c(C)n2)cc1Cl. The molecular formula is C10H9BrClN3. The third kappa shape index (κ3) is 2.06. The van der Waals surface area contributed by atoms with Gasteiger partial charge in [0.05, 0.1) is 22.6 Å². The highest BCUT2D eigenvalue weighted by Gasteiger charge is 2.05. The van der Waals surface area contributed by atoms with Gasteiger partial charge in [0.1, 0.15) is 0 Å². The lowest BCUT2D eigenvalue weighted by Crippen LogP contribution is -1.99. The van der Waals surface area contributed by atoms with E-state index >= 15 is 0 Å². The second-order valence-electron chi connectivity index (χ2n) is 3.24. The van der Waals surface area contributed by atoms with E-state index in [1.807, 2.05) is 26.0 Å². The summed E-state index contributed by atoms with van der Waals surface area (Å²) in [5.41, 5.74) is 1.73. The minimum atomic E-state index is 0.650. The summed E-state index contributed by atoms with van der Waals surface area (Å²) < 4.78 is 2.66. The average Bonchev–Trinajstić information content (AvgIpc) is 2.52. The number of aromatic nitrogens is 3. The van der Waals surface area contributed by atoms with Crippen molar-refractivity contribution in [2.45, 2.75) is 13.8 Å². The van der Waals surface area contributed by atoms with E-state index in [0.29, 0.717) is 5.02 Å². The Morgan fingerprint density at radius 1 is 1.27 bits per heavy atom. The molecule has 78 valence electrons. The van der Waals surface area contributed by atoms with Crippen LogP contribution in [0.2, 0.25) is 5.02 Å². The van der Waals surface area contributed by atoms with E-state index in [-0.39, 0.29) is 0 Å². The summed E-state index contributed by atoms with van der Waals surface area (Å²) in [5.74, 6) is 0.769. The highest BCUT2D eigenvalue weighted by Crippen LogP contribution is 2.18. The van der Waals surface area contributed by atoms with Crippen LogP contribution in [0.15, 0.2) is 22.8 Å². The van der Waals surface area contributed by atoms with Gasteiger partial charge in [-0.15, -0.1) is 0 Å². The molecule has 2 rings (SSSR count). The first kappa shape index (κ1) is 10.6. The van der Waals surface area contributed by atoms with Crippen molar-refractivity contribution in [1.29, 1.82) is 0 Å². The minimum absolute atomic E-state index is 0.650. The molecule has 5 heteroatoms. The molecule has 0 bridgehead atoms. The summed E-state index contributed by atoms with van der Waals surface area (Å²) in [6.45, 7) is 3.80. The van der Waals surface area contributed by atoms with Crippen LogP contribution in [0, 0.1) is 13.8 Å². The summed E-state index contributed by atoms with van der Waals surface area (Å²) in [6, 6.07) is 3.84. The maximum Gasteiger partial charge on any atom is 0.153 e. The largest absolute Gasteiger partial charge is 0.233 e. The Kier molecular flexibility index (Phi) is 2.80. The van der Waals surface area contributed by atoms with Crippen molar-refractivity contribution in [3.05, 3.63) is 39.2 Å². The fraction of sp³-hybridized carbons (Fsp3) is 0.200. The summed E-state index contributed by atoms with van der Waals surface area (Å²) in [5, 5.41) is 4.91. The van der Waals surface area contributed by atoms with Crippen molar-refractivity contribution in [1.82, 2.24) is 14.8 Å². The Bertz CT molecular complexity index is 488. The molecule has 0 aromatic carbocycles. The Morgan fingerprint density at radius 2 is 2.00 bits per heavy atom. The van der Waals surface area contributed by atoms with Crippen LogP contribution in [0.1, 0.15) is 11.4 Å². The predicted octanol–water partition coefficient (Wildman–Crippen LogP) is 3.30. The lowest BCUT2D eigenvalue weighted by Gasteiger charge is -2.02. The fourth-order valence-corrected chi connectivity index (χ4v) is 1.57. The number of halogens is 2. The monoisotopic (exact) mass is 285 g/mol. The van der Waals surface area contributed by atoms with Crippen LogP contribution in [-0.4, -0.2) is 14.8 Å². The predicted molar refractivity (Wildman–Crippen MR) is 63.5 cm³/mol. The van der Waals surface area contributed by atoms with Gasteiger partial charge in [-0.2, -0.15) is 5.10 Å². The van der Waals surface area contributed by atoms with Gasteiger partial charge in [-0.3, -0.25) is 0 Å². The zero-order valence-electron chi connectivity index (χ0n) is 8.33. The molecule has 0 unspecified atom stereocenters. The first-order chi connectivity index (χ1) is 7.08. The number of hydrogen-bond donors (Lipinski definition) is 0. The molecule has 0 saturated carbocycles. The molecule has 0 amide bonds. The van der Waals surface area contributed by atoms with Crippen LogP contribution in [0.5, 0.6) is 0 Å². The van der Waals surface area contributed by atoms with Crippen molar-refractivity contribution in [2.24, 2.45) is 0 Å². The van der Waals surface area contributed by atoms with Gasteiger partial charge in [0, 0.05) is 4.47 Å². The molecule has 0 aliphatic heterocycles. The number of pyridine rings is 1. The van der Waals surface area contributed by atoms with Crippen LogP contribution in [0.3, 0.4) is 0 Å². The zero-order chi connectivity index (χ0) is 11.0. The quantitative estimate of drug-likeness (QED) is 0.805. The number of aryl methyl sites for hydroxylation is 2. The van der Waals surface area contributed by atoms with Crippen molar-refractivity contribution < 1.29 is 0 Å². The van der Waals surface area contributed by atoms with Crippen molar-refractivity contribution in [3.63, 3.8) is 0 Å². The second-order valence-corrected chi connectivity index (χ2v) is 4.51. The molecule has 2 aromatic rings. The Hall–Kier alpha value is -0.870.